The van der Waals surface area contributed by atoms with Crippen LogP contribution in [0.25, 0.3) is 0 Å². The number of hydrazone groups is 1. The minimum Gasteiger partial charge on any atom is -0.340 e. The zero-order chi connectivity index (χ0) is 27.8. The van der Waals surface area contributed by atoms with E-state index in [4.69, 9.17) is 11.6 Å². The van der Waals surface area contributed by atoms with Gasteiger partial charge in [0, 0.05) is 64.5 Å². The van der Waals surface area contributed by atoms with E-state index in [0.717, 1.165) is 18.2 Å². The van der Waals surface area contributed by atoms with Gasteiger partial charge in [-0.1, -0.05) is 11.6 Å². The molecule has 2 amide bonds. The number of likely N-dealkylation sites (N-methyl/N-ethyl adjacent to an activating group) is 1. The van der Waals surface area contributed by atoms with Gasteiger partial charge < -0.3 is 9.80 Å². The summed E-state index contributed by atoms with van der Waals surface area (Å²) in [4.78, 5) is 34.6. The SMILES string of the molecule is CC(=O)N1CCN(CC2=NN(c3cc(C(F)(F)F)cc(C)n3)C(C(=O)N(C)c3ccc(F)c(Cl)c3)C2)CC1. The van der Waals surface area contributed by atoms with Crippen LogP contribution in [0.1, 0.15) is 24.6 Å². The first-order valence-corrected chi connectivity index (χ1v) is 12.3. The number of halogens is 5. The van der Waals surface area contributed by atoms with E-state index in [0.29, 0.717) is 44.1 Å². The number of nitrogens with zero attached hydrogens (tertiary/aromatic N) is 6. The number of benzene rings is 1. The maximum absolute atomic E-state index is 13.7. The third-order valence-corrected chi connectivity index (χ3v) is 6.89. The Bertz CT molecular complexity index is 1260. The minimum atomic E-state index is -4.60. The van der Waals surface area contributed by atoms with Crippen LogP contribution in [0.15, 0.2) is 35.4 Å². The number of rotatable bonds is 5. The van der Waals surface area contributed by atoms with Crippen LogP contribution in [0.2, 0.25) is 5.02 Å². The van der Waals surface area contributed by atoms with Gasteiger partial charge in [-0.25, -0.2) is 14.4 Å². The average Bonchev–Trinajstić information content (AvgIpc) is 3.28. The molecule has 13 heteroatoms. The number of amides is 2. The van der Waals surface area contributed by atoms with Crippen molar-refractivity contribution >= 4 is 40.6 Å². The summed E-state index contributed by atoms with van der Waals surface area (Å²) in [6, 6.07) is 4.65. The number of pyridine rings is 1. The van der Waals surface area contributed by atoms with E-state index in [-0.39, 0.29) is 28.9 Å². The molecule has 38 heavy (non-hydrogen) atoms. The first-order valence-electron chi connectivity index (χ1n) is 12.0. The van der Waals surface area contributed by atoms with E-state index >= 15 is 0 Å². The summed E-state index contributed by atoms with van der Waals surface area (Å²) in [5, 5.41) is 5.61. The lowest BCUT2D eigenvalue weighted by atomic mass is 10.1. The molecule has 0 saturated carbocycles. The number of hydrogen-bond acceptors (Lipinski definition) is 6. The molecular formula is C25H27ClF4N6O2. The van der Waals surface area contributed by atoms with Crippen LogP contribution in [0, 0.1) is 12.7 Å². The van der Waals surface area contributed by atoms with Crippen molar-refractivity contribution < 1.29 is 27.2 Å². The van der Waals surface area contributed by atoms with Crippen molar-refractivity contribution in [1.82, 2.24) is 14.8 Å². The number of carbonyl (C=O) groups is 2. The molecule has 2 aliphatic heterocycles. The largest absolute Gasteiger partial charge is 0.416 e. The quantitative estimate of drug-likeness (QED) is 0.523. The Labute approximate surface area is 222 Å². The predicted octanol–water partition coefficient (Wildman–Crippen LogP) is 3.96. The molecule has 8 nitrogen and oxygen atoms in total. The van der Waals surface area contributed by atoms with Crippen LogP contribution in [0.5, 0.6) is 0 Å². The third-order valence-electron chi connectivity index (χ3n) is 6.61. The highest BCUT2D eigenvalue weighted by atomic mass is 35.5. The average molecular weight is 555 g/mol. The maximum atomic E-state index is 13.7. The van der Waals surface area contributed by atoms with Gasteiger partial charge in [0.1, 0.15) is 17.7 Å². The van der Waals surface area contributed by atoms with Gasteiger partial charge >= 0.3 is 6.18 Å². The fraction of sp³-hybridized carbons (Fsp3) is 0.440. The van der Waals surface area contributed by atoms with Crippen LogP contribution >= 0.6 is 11.6 Å². The van der Waals surface area contributed by atoms with Gasteiger partial charge in [0.2, 0.25) is 5.91 Å². The number of carbonyl (C=O) groups excluding carboxylic acids is 2. The second-order valence-corrected chi connectivity index (χ2v) is 9.77. The molecule has 3 heterocycles. The van der Waals surface area contributed by atoms with Crippen molar-refractivity contribution in [3.05, 3.63) is 52.4 Å². The van der Waals surface area contributed by atoms with Crippen molar-refractivity contribution in [1.29, 1.82) is 0 Å². The third kappa shape index (κ3) is 6.07. The predicted molar refractivity (Wildman–Crippen MR) is 136 cm³/mol. The van der Waals surface area contributed by atoms with Crippen molar-refractivity contribution in [2.75, 3.05) is 49.7 Å². The lowest BCUT2D eigenvalue weighted by molar-refractivity contribution is -0.137. The number of aryl methyl sites for hydroxylation is 1. The molecule has 0 spiro atoms. The zero-order valence-electron chi connectivity index (χ0n) is 21.1. The van der Waals surface area contributed by atoms with Crippen molar-refractivity contribution in [3.63, 3.8) is 0 Å². The topological polar surface area (TPSA) is 72.4 Å². The second-order valence-electron chi connectivity index (χ2n) is 9.36. The van der Waals surface area contributed by atoms with Gasteiger partial charge in [0.15, 0.2) is 0 Å². The van der Waals surface area contributed by atoms with E-state index in [1.54, 1.807) is 4.90 Å². The van der Waals surface area contributed by atoms with Crippen molar-refractivity contribution in [3.8, 4) is 0 Å². The number of anilines is 2. The smallest absolute Gasteiger partial charge is 0.340 e. The maximum Gasteiger partial charge on any atom is 0.416 e. The zero-order valence-corrected chi connectivity index (χ0v) is 21.9. The molecule has 0 aliphatic carbocycles. The summed E-state index contributed by atoms with van der Waals surface area (Å²) >= 11 is 5.89. The highest BCUT2D eigenvalue weighted by Gasteiger charge is 2.39. The molecule has 1 unspecified atom stereocenters. The van der Waals surface area contributed by atoms with Crippen LogP contribution in [-0.2, 0) is 15.8 Å². The number of aromatic nitrogens is 1. The van der Waals surface area contributed by atoms with Crippen LogP contribution in [0.3, 0.4) is 0 Å². The first kappa shape index (κ1) is 27.8. The van der Waals surface area contributed by atoms with Gasteiger partial charge in [0.25, 0.3) is 5.91 Å². The summed E-state index contributed by atoms with van der Waals surface area (Å²) in [7, 11) is 1.48. The molecule has 1 fully saturated rings. The van der Waals surface area contributed by atoms with Gasteiger partial charge in [0.05, 0.1) is 16.3 Å². The van der Waals surface area contributed by atoms with E-state index in [9.17, 15) is 27.2 Å². The van der Waals surface area contributed by atoms with Gasteiger partial charge in [-0.15, -0.1) is 0 Å². The first-order chi connectivity index (χ1) is 17.8. The Morgan fingerprint density at radius 2 is 1.82 bits per heavy atom. The molecule has 1 atom stereocenters. The van der Waals surface area contributed by atoms with Gasteiger partial charge in [-0.2, -0.15) is 18.3 Å². The van der Waals surface area contributed by atoms with Gasteiger partial charge in [-0.3, -0.25) is 14.5 Å². The molecule has 1 saturated heterocycles. The molecule has 0 N–H and O–H groups in total. The van der Waals surface area contributed by atoms with E-state index in [2.05, 4.69) is 15.0 Å². The lowest BCUT2D eigenvalue weighted by Crippen LogP contribution is -2.49. The highest BCUT2D eigenvalue weighted by Crippen LogP contribution is 2.34. The fourth-order valence-corrected chi connectivity index (χ4v) is 4.70. The minimum absolute atomic E-state index is 0.00498. The summed E-state index contributed by atoms with van der Waals surface area (Å²) in [5.74, 6) is -1.21. The van der Waals surface area contributed by atoms with Crippen molar-refractivity contribution in [2.45, 2.75) is 32.5 Å². The summed E-state index contributed by atoms with van der Waals surface area (Å²) < 4.78 is 54.3. The van der Waals surface area contributed by atoms with Crippen LogP contribution < -0.4 is 9.91 Å². The molecule has 2 aromatic rings. The summed E-state index contributed by atoms with van der Waals surface area (Å²) in [6.07, 6.45) is -4.45. The number of alkyl halides is 3. The summed E-state index contributed by atoms with van der Waals surface area (Å²) in [5.41, 5.74) is 0.155. The van der Waals surface area contributed by atoms with Crippen molar-refractivity contribution in [2.24, 2.45) is 5.10 Å². The Kier molecular flexibility index (Phi) is 7.93. The molecule has 0 radical (unpaired) electrons. The molecule has 1 aromatic carbocycles. The lowest BCUT2D eigenvalue weighted by Gasteiger charge is -2.34. The Balaban J connectivity index is 1.63. The Morgan fingerprint density at radius 3 is 2.42 bits per heavy atom. The number of piperazine rings is 1. The standard InChI is InChI=1S/C25H27ClF4N6O2/c1-15-10-17(25(28,29)30)11-23(31-15)36-22(24(38)33(3)19-4-5-21(27)20(26)13-19)12-18(32-36)14-34-6-8-35(9-7-34)16(2)37/h4-5,10-11,13,22H,6-9,12,14H2,1-3H3. The van der Waals surface area contributed by atoms with E-state index in [1.165, 1.54) is 42.9 Å². The molecular weight excluding hydrogens is 528 g/mol. The fourth-order valence-electron chi connectivity index (χ4n) is 4.53. The Morgan fingerprint density at radius 1 is 1.13 bits per heavy atom. The Hall–Kier alpha value is -3.25. The van der Waals surface area contributed by atoms with Crippen LogP contribution in [0.4, 0.5) is 29.1 Å². The van der Waals surface area contributed by atoms with E-state index < -0.39 is 29.5 Å². The second kappa shape index (κ2) is 10.9. The highest BCUT2D eigenvalue weighted by molar-refractivity contribution is 6.31. The normalized spacial score (nSPS) is 18.5. The molecule has 2 aliphatic rings. The molecule has 4 rings (SSSR count). The molecule has 204 valence electrons. The molecule has 0 bridgehead atoms. The van der Waals surface area contributed by atoms with Crippen LogP contribution in [-0.4, -0.2) is 78.1 Å². The van der Waals surface area contributed by atoms with Gasteiger partial charge in [-0.05, 0) is 37.3 Å². The summed E-state index contributed by atoms with van der Waals surface area (Å²) in [6.45, 7) is 5.65. The number of hydrogen-bond donors (Lipinski definition) is 0. The molecule has 1 aromatic heterocycles. The van der Waals surface area contributed by atoms with E-state index in [1.807, 2.05) is 0 Å². The monoisotopic (exact) mass is 554 g/mol.